The van der Waals surface area contributed by atoms with Crippen LogP contribution < -0.4 is 14.2 Å². The number of rotatable bonds is 13. The fourth-order valence-electron chi connectivity index (χ4n) is 11.9. The van der Waals surface area contributed by atoms with E-state index in [0.717, 1.165) is 0 Å². The number of aromatic amines is 2. The summed E-state index contributed by atoms with van der Waals surface area (Å²) in [5, 5.41) is 151. The van der Waals surface area contributed by atoms with E-state index in [-0.39, 0.29) is 84.6 Å². The van der Waals surface area contributed by atoms with Crippen LogP contribution >= 0.6 is 0 Å². The topological polar surface area (TPSA) is 396 Å². The van der Waals surface area contributed by atoms with Crippen molar-refractivity contribution in [2.45, 2.75) is 117 Å². The van der Waals surface area contributed by atoms with E-state index in [4.69, 9.17) is 38.4 Å². The number of nitrogens with zero attached hydrogens (tertiary/aromatic N) is 2. The van der Waals surface area contributed by atoms with Crippen molar-refractivity contribution >= 4 is 34.2 Å². The molecular weight excluding hydrogens is 1260 g/mol. The number of nitrogens with one attached hydrogen (secondary N) is 2. The molecule has 0 radical (unpaired) electrons. The van der Waals surface area contributed by atoms with Crippen LogP contribution in [0.25, 0.3) is 78.7 Å². The largest absolute Gasteiger partial charge is 0.462 e. The standard InChI is InChI=1S/C64H60F6N4O20/c65-63(66,67)29-16-28(17-30(21-29)64(68,69)70)46-39-15-13-37(73-39)44(26-5-2-8-32(19-26)90-61-58(87)55(84)50(79)41(23-76)93-61)35-11-10-34(71-35)43(25-4-1-7-31(18-25)89-60-57(86)54(83)49(78)40(22-75)92-60)36-12-14-38(72-36)45(47-52(81)53(82)48(46)74-47)27-6-3-9-33(20-27)91-62-59(88)56(85)51(80)42(24-77)94-62/h1-21,40-42,49-62,72-73,75-88H,22-24H2/t40?,41?,42?,49-,50-,51-,52?,53?,54?,55?,56?,57?,58?,59?,60-,61-,62-/m1/s1. The van der Waals surface area contributed by atoms with Gasteiger partial charge in [-0.3, -0.25) is 4.98 Å². The van der Waals surface area contributed by atoms with Gasteiger partial charge in [-0.05, 0) is 113 Å². The summed E-state index contributed by atoms with van der Waals surface area (Å²) in [6.07, 6.45) is -37.6. The molecule has 0 aliphatic carbocycles. The predicted octanol–water partition coefficient (Wildman–Crippen LogP) is 3.49. The Morgan fingerprint density at radius 1 is 0.372 bits per heavy atom. The fraction of sp³-hybridized carbons (Fsp3) is 0.344. The zero-order valence-corrected chi connectivity index (χ0v) is 48.4. The minimum atomic E-state index is -5.39. The van der Waals surface area contributed by atoms with E-state index in [9.17, 15) is 97.8 Å². The molecule has 17 atom stereocenters. The number of hydrogen-bond donors (Lipinski definition) is 16. The molecule has 12 rings (SSSR count). The first-order valence-electron chi connectivity index (χ1n) is 29.1. The highest BCUT2D eigenvalue weighted by molar-refractivity contribution is 5.98. The fourth-order valence-corrected chi connectivity index (χ4v) is 11.9. The Balaban J connectivity index is 1.15. The molecule has 3 aromatic heterocycles. The van der Waals surface area contributed by atoms with Gasteiger partial charge in [-0.1, -0.05) is 36.4 Å². The second-order valence-electron chi connectivity index (χ2n) is 22.9. The Labute approximate surface area is 526 Å². The maximum absolute atomic E-state index is 14.9. The molecule has 0 spiro atoms. The van der Waals surface area contributed by atoms with Gasteiger partial charge in [-0.15, -0.1) is 0 Å². The Hall–Kier alpha value is -7.96. The zero-order chi connectivity index (χ0) is 67.0. The summed E-state index contributed by atoms with van der Waals surface area (Å²) < 4.78 is 124. The molecule has 0 saturated carbocycles. The summed E-state index contributed by atoms with van der Waals surface area (Å²) in [5.74, 6) is -0.186. The third kappa shape index (κ3) is 12.5. The smallest absolute Gasteiger partial charge is 0.416 e. The van der Waals surface area contributed by atoms with Gasteiger partial charge in [-0.25, -0.2) is 4.98 Å². The number of H-pyrrole nitrogens is 2. The summed E-state index contributed by atoms with van der Waals surface area (Å²) in [7, 11) is 0. The number of hydrogen-bond acceptors (Lipinski definition) is 22. The maximum Gasteiger partial charge on any atom is 0.416 e. The molecule has 5 aliphatic heterocycles. The average Bonchev–Trinajstić information content (AvgIpc) is 1.60. The van der Waals surface area contributed by atoms with E-state index in [2.05, 4.69) is 9.97 Å². The van der Waals surface area contributed by atoms with Crippen molar-refractivity contribution in [3.8, 4) is 61.8 Å². The molecule has 30 heteroatoms. The lowest BCUT2D eigenvalue weighted by Crippen LogP contribution is -2.60. The first-order chi connectivity index (χ1) is 44.7. The van der Waals surface area contributed by atoms with Crippen LogP contribution in [0.2, 0.25) is 0 Å². The highest BCUT2D eigenvalue weighted by atomic mass is 19.4. The van der Waals surface area contributed by atoms with Gasteiger partial charge in [0, 0.05) is 44.3 Å². The van der Waals surface area contributed by atoms with Gasteiger partial charge in [0.2, 0.25) is 18.9 Å². The molecule has 7 aromatic rings. The van der Waals surface area contributed by atoms with Crippen LogP contribution in [0.5, 0.6) is 17.2 Å². The van der Waals surface area contributed by atoms with E-state index in [1.807, 2.05) is 0 Å². The van der Waals surface area contributed by atoms with E-state index in [1.54, 1.807) is 36.4 Å². The average molecular weight is 1320 g/mol. The molecule has 8 bridgehead atoms. The van der Waals surface area contributed by atoms with Crippen LogP contribution in [0.1, 0.15) is 46.1 Å². The van der Waals surface area contributed by atoms with Gasteiger partial charge in [0.05, 0.1) is 53.7 Å². The van der Waals surface area contributed by atoms with Crippen molar-refractivity contribution < 1.29 is 126 Å². The highest BCUT2D eigenvalue weighted by Crippen LogP contribution is 2.48. The summed E-state index contributed by atoms with van der Waals surface area (Å²) >= 11 is 0. The van der Waals surface area contributed by atoms with Crippen LogP contribution in [0.4, 0.5) is 26.3 Å². The predicted molar refractivity (Wildman–Crippen MR) is 315 cm³/mol. The van der Waals surface area contributed by atoms with Crippen molar-refractivity contribution in [3.05, 3.63) is 149 Å². The summed E-state index contributed by atoms with van der Waals surface area (Å²) in [5.41, 5.74) is -4.79. The molecule has 5 aliphatic rings. The molecule has 3 fully saturated rings. The number of ether oxygens (including phenoxy) is 6. The quantitative estimate of drug-likeness (QED) is 0.0735. The SMILES string of the molecule is OCC1O[C@@H](Oc2cccc(-c3c4nc(c(-c5cccc(O[C@@H]6OC(CO)[C@@H](O)C(O)C6O)c5)c5ccc([nH]5)c(-c5cc(C(F)(F)F)cc(C(F)(F)F)c5)c5nc(c(-c6cccc(O[C@@H]7OC(CO)[C@@H](O)C(O)C7O)c6)c6ccc3[nH]6)C(O)C5O)C=C4)c2)C(O)C(O)[C@@H]1O. The molecule has 11 unspecified atom stereocenters. The Morgan fingerprint density at radius 3 is 1.02 bits per heavy atom. The van der Waals surface area contributed by atoms with Crippen LogP contribution in [0.3, 0.4) is 0 Å². The lowest BCUT2D eigenvalue weighted by molar-refractivity contribution is -0.277. The van der Waals surface area contributed by atoms with Gasteiger partial charge < -0.3 is 110 Å². The number of aromatic nitrogens is 4. The lowest BCUT2D eigenvalue weighted by atomic mass is 9.95. The first kappa shape index (κ1) is 66.1. The van der Waals surface area contributed by atoms with Gasteiger partial charge >= 0.3 is 12.4 Å². The van der Waals surface area contributed by atoms with Crippen LogP contribution in [0.15, 0.2) is 115 Å². The number of aliphatic hydroxyl groups excluding tert-OH is 14. The maximum atomic E-state index is 14.9. The van der Waals surface area contributed by atoms with E-state index >= 15 is 0 Å². The van der Waals surface area contributed by atoms with Crippen molar-refractivity contribution in [3.63, 3.8) is 0 Å². The summed E-state index contributed by atoms with van der Waals surface area (Å²) in [6.45, 7) is -2.37. The van der Waals surface area contributed by atoms with E-state index in [1.165, 1.54) is 72.8 Å². The number of benzene rings is 4. The molecule has 24 nitrogen and oxygen atoms in total. The van der Waals surface area contributed by atoms with Crippen LogP contribution in [-0.2, 0) is 26.6 Å². The van der Waals surface area contributed by atoms with Gasteiger partial charge in [0.15, 0.2) is 0 Å². The number of fused-ring (bicyclic) bond motifs is 8. The molecular formula is C64H60F6N4O20. The van der Waals surface area contributed by atoms with Gasteiger partial charge in [-0.2, -0.15) is 26.3 Å². The summed E-state index contributed by atoms with van der Waals surface area (Å²) in [4.78, 5) is 16.3. The molecule has 3 saturated heterocycles. The minimum Gasteiger partial charge on any atom is -0.462 e. The Morgan fingerprint density at radius 2 is 0.691 bits per heavy atom. The molecule has 0 amide bonds. The van der Waals surface area contributed by atoms with Crippen molar-refractivity contribution in [2.24, 2.45) is 0 Å². The number of halogens is 6. The summed E-state index contributed by atoms with van der Waals surface area (Å²) in [6, 6.07) is 24.1. The second kappa shape index (κ2) is 26.0. The molecule has 94 heavy (non-hydrogen) atoms. The molecule has 8 heterocycles. The van der Waals surface area contributed by atoms with Crippen LogP contribution in [0, 0.1) is 0 Å². The first-order valence-corrected chi connectivity index (χ1v) is 29.1. The van der Waals surface area contributed by atoms with Gasteiger partial charge in [0.1, 0.15) is 103 Å². The van der Waals surface area contributed by atoms with Gasteiger partial charge in [0.25, 0.3) is 0 Å². The highest BCUT2D eigenvalue weighted by Gasteiger charge is 2.48. The monoisotopic (exact) mass is 1320 g/mol. The second-order valence-corrected chi connectivity index (χ2v) is 22.9. The van der Waals surface area contributed by atoms with Crippen molar-refractivity contribution in [1.82, 2.24) is 19.9 Å². The third-order valence-corrected chi connectivity index (χ3v) is 16.8. The molecule has 498 valence electrons. The third-order valence-electron chi connectivity index (χ3n) is 16.8. The van der Waals surface area contributed by atoms with Crippen LogP contribution in [-0.4, -0.2) is 203 Å². The zero-order valence-electron chi connectivity index (χ0n) is 48.4. The normalized spacial score (nSPS) is 28.9. The lowest BCUT2D eigenvalue weighted by Gasteiger charge is -2.39. The van der Waals surface area contributed by atoms with E-state index < -0.39 is 170 Å². The van der Waals surface area contributed by atoms with E-state index in [0.29, 0.717) is 17.7 Å². The van der Waals surface area contributed by atoms with Crippen molar-refractivity contribution in [1.29, 1.82) is 0 Å². The Bertz CT molecular complexity index is 4130. The molecule has 16 N–H and O–H groups in total. The van der Waals surface area contributed by atoms with Crippen molar-refractivity contribution in [2.75, 3.05) is 19.8 Å². The number of aliphatic hydroxyl groups is 14. The number of alkyl halides is 6. The Kier molecular flexibility index (Phi) is 18.3. The molecule has 4 aromatic carbocycles. The minimum absolute atomic E-state index is 0.00143.